The average molecular weight is 340 g/mol. The lowest BCUT2D eigenvalue weighted by Crippen LogP contribution is -2.28. The van der Waals surface area contributed by atoms with Crippen molar-refractivity contribution in [1.29, 1.82) is 0 Å². The molecular formula is C12H11F3O4S2. The maximum atomic E-state index is 12.3. The molecule has 1 aliphatic rings. The van der Waals surface area contributed by atoms with Gasteiger partial charge in [0.15, 0.2) is 5.78 Å². The van der Waals surface area contributed by atoms with E-state index in [-0.39, 0.29) is 22.5 Å². The van der Waals surface area contributed by atoms with Crippen LogP contribution in [0.25, 0.3) is 0 Å². The fraction of sp³-hybridized carbons (Fsp3) is 0.417. The second kappa shape index (κ2) is 4.91. The Hall–Kier alpha value is -1.22. The van der Waals surface area contributed by atoms with Crippen LogP contribution < -0.4 is 4.18 Å². The summed E-state index contributed by atoms with van der Waals surface area (Å²) in [6, 6.07) is 3.52. The van der Waals surface area contributed by atoms with Gasteiger partial charge in [-0.25, -0.2) is 0 Å². The number of ketones is 1. The van der Waals surface area contributed by atoms with Gasteiger partial charge in [-0.3, -0.25) is 4.79 Å². The number of rotatable bonds is 2. The zero-order chi connectivity index (χ0) is 16.1. The molecule has 1 aromatic rings. The van der Waals surface area contributed by atoms with Gasteiger partial charge in [-0.05, 0) is 32.0 Å². The molecule has 0 bridgehead atoms. The third-order valence-electron chi connectivity index (χ3n) is 2.71. The first-order chi connectivity index (χ1) is 9.41. The van der Waals surface area contributed by atoms with Gasteiger partial charge in [0.1, 0.15) is 5.75 Å². The van der Waals surface area contributed by atoms with Crippen molar-refractivity contribution in [1.82, 2.24) is 0 Å². The molecule has 0 unspecified atom stereocenters. The lowest BCUT2D eigenvalue weighted by molar-refractivity contribution is -0.0500. The molecule has 2 rings (SSSR count). The van der Waals surface area contributed by atoms with Crippen molar-refractivity contribution in [3.05, 3.63) is 23.8 Å². The van der Waals surface area contributed by atoms with E-state index in [0.29, 0.717) is 4.90 Å². The molecule has 0 saturated heterocycles. The highest BCUT2D eigenvalue weighted by Gasteiger charge is 2.48. The van der Waals surface area contributed by atoms with E-state index in [4.69, 9.17) is 0 Å². The number of fused-ring (bicyclic) bond motifs is 1. The minimum absolute atomic E-state index is 0.175. The van der Waals surface area contributed by atoms with Crippen molar-refractivity contribution >= 4 is 27.7 Å². The zero-order valence-corrected chi connectivity index (χ0v) is 12.7. The molecule has 1 aromatic carbocycles. The summed E-state index contributed by atoms with van der Waals surface area (Å²) in [6.07, 6.45) is 0.208. The van der Waals surface area contributed by atoms with E-state index in [1.54, 1.807) is 0 Å². The molecule has 0 atom stereocenters. The highest BCUT2D eigenvalue weighted by atomic mass is 32.2. The molecule has 0 amide bonds. The number of thioether (sulfide) groups is 1. The smallest absolute Gasteiger partial charge is 0.376 e. The van der Waals surface area contributed by atoms with Crippen molar-refractivity contribution in [2.45, 2.75) is 35.4 Å². The Morgan fingerprint density at radius 1 is 1.29 bits per heavy atom. The molecule has 0 spiro atoms. The van der Waals surface area contributed by atoms with Crippen LogP contribution in [0.3, 0.4) is 0 Å². The first kappa shape index (κ1) is 16.2. The molecule has 1 heterocycles. The molecule has 0 N–H and O–H groups in total. The van der Waals surface area contributed by atoms with Gasteiger partial charge in [-0.15, -0.1) is 11.8 Å². The first-order valence-electron chi connectivity index (χ1n) is 5.78. The van der Waals surface area contributed by atoms with Crippen molar-refractivity contribution < 1.29 is 30.6 Å². The van der Waals surface area contributed by atoms with Gasteiger partial charge in [0.05, 0.1) is 0 Å². The minimum atomic E-state index is -5.74. The number of hydrogen-bond donors (Lipinski definition) is 0. The number of benzene rings is 1. The molecule has 9 heteroatoms. The quantitative estimate of drug-likeness (QED) is 0.610. The molecule has 1 aliphatic heterocycles. The molecule has 21 heavy (non-hydrogen) atoms. The van der Waals surface area contributed by atoms with Gasteiger partial charge in [0.2, 0.25) is 0 Å². The van der Waals surface area contributed by atoms with Crippen LogP contribution >= 0.6 is 11.8 Å². The van der Waals surface area contributed by atoms with Gasteiger partial charge in [0.25, 0.3) is 0 Å². The predicted octanol–water partition coefficient (Wildman–Crippen LogP) is 3.37. The summed E-state index contributed by atoms with van der Waals surface area (Å²) in [5, 5.41) is 0. The molecule has 0 radical (unpaired) electrons. The van der Waals surface area contributed by atoms with E-state index < -0.39 is 21.4 Å². The van der Waals surface area contributed by atoms with Crippen LogP contribution in [-0.4, -0.2) is 24.5 Å². The van der Waals surface area contributed by atoms with E-state index in [1.807, 2.05) is 13.8 Å². The number of hydrogen-bond acceptors (Lipinski definition) is 5. The summed E-state index contributed by atoms with van der Waals surface area (Å²) in [6.45, 7) is 3.74. The van der Waals surface area contributed by atoms with E-state index in [2.05, 4.69) is 4.18 Å². The number of alkyl halides is 3. The normalized spacial score (nSPS) is 18.2. The van der Waals surface area contributed by atoms with Gasteiger partial charge in [0, 0.05) is 21.6 Å². The second-order valence-corrected chi connectivity index (χ2v) is 8.39. The molecule has 0 aliphatic carbocycles. The van der Waals surface area contributed by atoms with Gasteiger partial charge < -0.3 is 4.18 Å². The van der Waals surface area contributed by atoms with Crippen LogP contribution in [0.1, 0.15) is 30.6 Å². The largest absolute Gasteiger partial charge is 0.534 e. The Labute approximate surface area is 123 Å². The van der Waals surface area contributed by atoms with Crippen molar-refractivity contribution in [3.63, 3.8) is 0 Å². The fourth-order valence-corrected chi connectivity index (χ4v) is 3.53. The Bertz CT molecular complexity index is 693. The van der Waals surface area contributed by atoms with E-state index in [0.717, 1.165) is 12.1 Å². The third-order valence-corrected chi connectivity index (χ3v) is 4.97. The minimum Gasteiger partial charge on any atom is -0.376 e. The third kappa shape index (κ3) is 3.34. The summed E-state index contributed by atoms with van der Waals surface area (Å²) in [4.78, 5) is 12.6. The first-order valence-corrected chi connectivity index (χ1v) is 8.01. The maximum absolute atomic E-state index is 12.3. The Kier molecular flexibility index (Phi) is 3.78. The Balaban J connectivity index is 2.36. The lowest BCUT2D eigenvalue weighted by atomic mass is 9.99. The van der Waals surface area contributed by atoms with Crippen LogP contribution in [0.15, 0.2) is 23.1 Å². The number of carbonyl (C=O) groups excluding carboxylic acids is 1. The SMILES string of the molecule is CC1(C)CC(=O)c2cc(OS(=O)(=O)C(F)(F)F)ccc2S1. The van der Waals surface area contributed by atoms with Crippen LogP contribution in [-0.2, 0) is 10.1 Å². The lowest BCUT2D eigenvalue weighted by Gasteiger charge is -2.29. The molecular weight excluding hydrogens is 329 g/mol. The number of carbonyl (C=O) groups is 1. The van der Waals surface area contributed by atoms with Crippen molar-refractivity contribution in [3.8, 4) is 5.75 Å². The van der Waals surface area contributed by atoms with Crippen LogP contribution in [0.4, 0.5) is 13.2 Å². The summed E-state index contributed by atoms with van der Waals surface area (Å²) in [5.41, 5.74) is -5.34. The summed E-state index contributed by atoms with van der Waals surface area (Å²) in [5.74, 6) is -0.789. The molecule has 0 aromatic heterocycles. The van der Waals surface area contributed by atoms with Crippen LogP contribution in [0.5, 0.6) is 5.75 Å². The van der Waals surface area contributed by atoms with E-state index in [1.165, 1.54) is 17.8 Å². The highest BCUT2D eigenvalue weighted by molar-refractivity contribution is 8.00. The van der Waals surface area contributed by atoms with Gasteiger partial charge in [-0.2, -0.15) is 21.6 Å². The van der Waals surface area contributed by atoms with E-state index in [9.17, 15) is 26.4 Å². The summed E-state index contributed by atoms with van der Waals surface area (Å²) < 4.78 is 62.3. The average Bonchev–Trinajstić information content (AvgIpc) is 2.26. The van der Waals surface area contributed by atoms with E-state index >= 15 is 0 Å². The molecule has 116 valence electrons. The summed E-state index contributed by atoms with van der Waals surface area (Å²) in [7, 11) is -5.74. The standard InChI is InChI=1S/C12H11F3O4S2/c1-11(2)6-9(16)8-5-7(3-4-10(8)20-11)19-21(17,18)12(13,14)15/h3-5H,6H2,1-2H3. The molecule has 0 saturated carbocycles. The second-order valence-electron chi connectivity index (χ2n) is 5.10. The monoisotopic (exact) mass is 340 g/mol. The Morgan fingerprint density at radius 2 is 1.90 bits per heavy atom. The molecule has 0 fully saturated rings. The van der Waals surface area contributed by atoms with Crippen molar-refractivity contribution in [2.24, 2.45) is 0 Å². The maximum Gasteiger partial charge on any atom is 0.534 e. The van der Waals surface area contributed by atoms with Crippen LogP contribution in [0, 0.1) is 0 Å². The zero-order valence-electron chi connectivity index (χ0n) is 11.0. The van der Waals surface area contributed by atoms with Crippen molar-refractivity contribution in [2.75, 3.05) is 0 Å². The van der Waals surface area contributed by atoms with Gasteiger partial charge in [-0.1, -0.05) is 0 Å². The topological polar surface area (TPSA) is 60.4 Å². The van der Waals surface area contributed by atoms with Gasteiger partial charge >= 0.3 is 15.6 Å². The Morgan fingerprint density at radius 3 is 2.48 bits per heavy atom. The number of halogens is 3. The van der Waals surface area contributed by atoms with Crippen LogP contribution in [0.2, 0.25) is 0 Å². The summed E-state index contributed by atoms with van der Waals surface area (Å²) >= 11 is 1.40. The highest BCUT2D eigenvalue weighted by Crippen LogP contribution is 2.43. The number of Topliss-reactive ketones (excluding diaryl/α,β-unsaturated/α-hetero) is 1. The predicted molar refractivity (Wildman–Crippen MR) is 70.9 cm³/mol. The fourth-order valence-electron chi connectivity index (χ4n) is 1.86. The molecule has 4 nitrogen and oxygen atoms in total.